The molecule has 0 unspecified atom stereocenters. The highest BCUT2D eigenvalue weighted by atomic mass is 32.2. The van der Waals surface area contributed by atoms with E-state index >= 15 is 0 Å². The zero-order chi connectivity index (χ0) is 51.6. The fourth-order valence-corrected chi connectivity index (χ4v) is 12.0. The van der Waals surface area contributed by atoms with Crippen molar-refractivity contribution >= 4 is 57.5 Å². The number of ether oxygens (including phenoxy) is 4. The number of hydrogen-bond acceptors (Lipinski definition) is 18. The van der Waals surface area contributed by atoms with Gasteiger partial charge in [0.05, 0.1) is 24.3 Å². The average Bonchev–Trinajstić information content (AvgIpc) is 4.14. The lowest BCUT2D eigenvalue weighted by Crippen LogP contribution is -2.32. The van der Waals surface area contributed by atoms with Gasteiger partial charge in [-0.05, 0) is 74.9 Å². The number of anilines is 2. The first-order chi connectivity index (χ1) is 35.0. The molecule has 0 radical (unpaired) electrons. The summed E-state index contributed by atoms with van der Waals surface area (Å²) in [5.41, 5.74) is 3.70. The Morgan fingerprint density at radius 3 is 1.56 bits per heavy atom. The molecule has 5 aliphatic rings. The van der Waals surface area contributed by atoms with E-state index in [2.05, 4.69) is 44.4 Å². The quantitative estimate of drug-likeness (QED) is 0.0563. The van der Waals surface area contributed by atoms with Crippen LogP contribution in [-0.2, 0) is 18.9 Å². The molecule has 4 saturated carbocycles. The third kappa shape index (κ3) is 9.97. The van der Waals surface area contributed by atoms with E-state index in [9.17, 15) is 27.8 Å². The lowest BCUT2D eigenvalue weighted by Gasteiger charge is -2.23. The topological polar surface area (TPSA) is 197 Å². The zero-order valence-electron chi connectivity index (χ0n) is 41.8. The van der Waals surface area contributed by atoms with E-state index in [0.29, 0.717) is 57.1 Å². The summed E-state index contributed by atoms with van der Waals surface area (Å²) in [6.45, 7) is 8.00. The molecule has 4 aromatic heterocycles. The summed E-state index contributed by atoms with van der Waals surface area (Å²) in [7, 11) is 7.04. The number of nitrogens with zero attached hydrogens (tertiary/aromatic N) is 12. The SMILES string of the molecule is CCCSc1nc(N(C)[C@@H]2C[C@H]2c2ccc(F)c(F)c2)c2nnn([C@@H]3C[C@H](OC)[C@@H](O)[C@H]3O)c2n1.CCCSc1nc(N(C)[C@@H]2C[C@H]2c2ccc(F)c(F)c2)c2nnn([C@@H]3C[C@H](OC)[C@H]4OC(C)(C)O[C@H]43)c2n1. The zero-order valence-corrected chi connectivity index (χ0v) is 43.4. The minimum absolute atomic E-state index is 0.0314. The van der Waals surface area contributed by atoms with Gasteiger partial charge >= 0.3 is 0 Å². The van der Waals surface area contributed by atoms with Gasteiger partial charge in [0, 0.05) is 76.6 Å². The molecule has 0 spiro atoms. The molecule has 5 heterocycles. The second-order valence-electron chi connectivity index (χ2n) is 19.9. The number of thioether (sulfide) groups is 2. The smallest absolute Gasteiger partial charge is 0.191 e. The van der Waals surface area contributed by atoms with Gasteiger partial charge in [0.15, 0.2) is 73.3 Å². The number of rotatable bonds is 16. The van der Waals surface area contributed by atoms with Crippen LogP contribution in [0.4, 0.5) is 29.2 Å². The van der Waals surface area contributed by atoms with E-state index in [1.54, 1.807) is 35.7 Å². The number of likely N-dealkylation sites (N-methyl/N-ethyl adjacent to an activating group) is 2. The largest absolute Gasteiger partial charge is 0.388 e. The minimum Gasteiger partial charge on any atom is -0.388 e. The fourth-order valence-electron chi connectivity index (χ4n) is 10.6. The Balaban J connectivity index is 0.000000168. The third-order valence-corrected chi connectivity index (χ3v) is 16.7. The molecule has 11 rings (SSSR count). The van der Waals surface area contributed by atoms with Crippen LogP contribution in [0.2, 0.25) is 0 Å². The molecule has 24 heteroatoms. The maximum Gasteiger partial charge on any atom is 0.191 e. The highest BCUT2D eigenvalue weighted by Gasteiger charge is 2.56. The summed E-state index contributed by atoms with van der Waals surface area (Å²) in [6, 6.07) is 7.55. The van der Waals surface area contributed by atoms with E-state index in [4.69, 9.17) is 33.9 Å². The molecular weight excluding hydrogens is 993 g/mol. The van der Waals surface area contributed by atoms with Crippen LogP contribution in [0.5, 0.6) is 0 Å². The molecule has 2 N–H and O–H groups in total. The standard InChI is InChI=1S/C26H32F2N6O3S.C23H28F2N6O3S/c1-6-9-38-25-29-23(33(4)17-11-14(17)13-7-8-15(27)16(28)10-13)20-24(30-25)34(32-31-20)18-12-19(35-5)22-21(18)36-26(2,3)37-22;1-4-7-35-23-26-21(30(2)15-9-12(15)11-5-6-13(24)14(25)8-11)18-22(27-23)31(29-28-18)16-10-17(34-3)20(33)19(16)32/h7-8,10,14,17-19,21-22H,6,9,11-12H2,1-5H3;5-6,8,12,15-17,19-20,32-33H,4,7,9-10H2,1-3H3/t14-,17+,18+,19-,21-,22+;12-,15+,16+,17-,19-,20+/m00/s1. The number of methoxy groups -OCH3 is 2. The average molecular weight is 1050 g/mol. The minimum atomic E-state index is -1.08. The van der Waals surface area contributed by atoms with Crippen LogP contribution >= 0.6 is 23.5 Å². The van der Waals surface area contributed by atoms with Crippen molar-refractivity contribution < 1.29 is 46.7 Å². The Kier molecular flexibility index (Phi) is 14.7. The van der Waals surface area contributed by atoms with Crippen molar-refractivity contribution in [3.8, 4) is 0 Å². The van der Waals surface area contributed by atoms with Gasteiger partial charge in [-0.2, -0.15) is 0 Å². The molecule has 0 bridgehead atoms. The fraction of sp³-hybridized carbons (Fsp3) is 0.592. The molecule has 4 aliphatic carbocycles. The molecule has 6 aromatic rings. The number of halogens is 4. The Hall–Kier alpha value is -4.82. The van der Waals surface area contributed by atoms with E-state index in [-0.39, 0.29) is 48.3 Å². The highest BCUT2D eigenvalue weighted by Crippen LogP contribution is 2.49. The summed E-state index contributed by atoms with van der Waals surface area (Å²) < 4.78 is 81.4. The maximum atomic E-state index is 13.9. The molecule has 1 aliphatic heterocycles. The first-order valence-electron chi connectivity index (χ1n) is 24.7. The number of aromatic nitrogens is 10. The van der Waals surface area contributed by atoms with Crippen molar-refractivity contribution in [2.45, 2.75) is 155 Å². The van der Waals surface area contributed by atoms with Crippen molar-refractivity contribution in [2.24, 2.45) is 0 Å². The lowest BCUT2D eigenvalue weighted by molar-refractivity contribution is -0.168. The molecular formula is C49H60F4N12O6S2. The molecule has 12 atom stereocenters. The Bertz CT molecular complexity index is 2980. The summed E-state index contributed by atoms with van der Waals surface area (Å²) >= 11 is 3.10. The molecule has 392 valence electrons. The molecule has 73 heavy (non-hydrogen) atoms. The van der Waals surface area contributed by atoms with Crippen LogP contribution < -0.4 is 9.80 Å². The molecule has 5 fully saturated rings. The van der Waals surface area contributed by atoms with Crippen LogP contribution in [0.25, 0.3) is 22.3 Å². The number of hydrogen-bond donors (Lipinski definition) is 2. The normalized spacial score (nSPS) is 28.9. The van der Waals surface area contributed by atoms with Crippen LogP contribution in [0.1, 0.15) is 101 Å². The van der Waals surface area contributed by atoms with Crippen molar-refractivity contribution in [2.75, 3.05) is 49.6 Å². The van der Waals surface area contributed by atoms with Crippen LogP contribution in [-0.4, -0.2) is 154 Å². The first kappa shape index (κ1) is 51.7. The number of benzene rings is 2. The maximum absolute atomic E-state index is 13.9. The van der Waals surface area contributed by atoms with E-state index in [1.807, 2.05) is 37.5 Å². The van der Waals surface area contributed by atoms with Crippen LogP contribution in [0.15, 0.2) is 46.7 Å². The van der Waals surface area contributed by atoms with Crippen LogP contribution in [0.3, 0.4) is 0 Å². The summed E-state index contributed by atoms with van der Waals surface area (Å²) in [5, 5.41) is 39.9. The van der Waals surface area contributed by atoms with Crippen molar-refractivity contribution in [1.82, 2.24) is 49.9 Å². The summed E-state index contributed by atoms with van der Waals surface area (Å²) in [5.74, 6) is -1.01. The highest BCUT2D eigenvalue weighted by molar-refractivity contribution is 7.99. The Morgan fingerprint density at radius 2 is 1.11 bits per heavy atom. The monoisotopic (exact) mass is 1050 g/mol. The van der Waals surface area contributed by atoms with Crippen molar-refractivity contribution in [3.63, 3.8) is 0 Å². The predicted octanol–water partition coefficient (Wildman–Crippen LogP) is 7.15. The molecule has 18 nitrogen and oxygen atoms in total. The lowest BCUT2D eigenvalue weighted by atomic mass is 10.1. The van der Waals surface area contributed by atoms with Gasteiger partial charge < -0.3 is 39.0 Å². The summed E-state index contributed by atoms with van der Waals surface area (Å²) in [4.78, 5) is 23.2. The summed E-state index contributed by atoms with van der Waals surface area (Å²) in [6.07, 6.45) is 1.31. The second kappa shape index (κ2) is 20.7. The van der Waals surface area contributed by atoms with Gasteiger partial charge in [-0.1, -0.05) is 59.9 Å². The van der Waals surface area contributed by atoms with Gasteiger partial charge in [0.2, 0.25) is 0 Å². The number of aliphatic hydroxyl groups excluding tert-OH is 2. The predicted molar refractivity (Wildman–Crippen MR) is 265 cm³/mol. The molecule has 2 aromatic carbocycles. The first-order valence-corrected chi connectivity index (χ1v) is 26.7. The van der Waals surface area contributed by atoms with Crippen LogP contribution in [0, 0.1) is 23.3 Å². The van der Waals surface area contributed by atoms with Gasteiger partial charge in [-0.25, -0.2) is 46.9 Å². The third-order valence-electron chi connectivity index (χ3n) is 14.6. The van der Waals surface area contributed by atoms with E-state index in [0.717, 1.165) is 54.4 Å². The second-order valence-corrected chi connectivity index (χ2v) is 22.0. The Morgan fingerprint density at radius 1 is 0.644 bits per heavy atom. The van der Waals surface area contributed by atoms with Crippen molar-refractivity contribution in [3.05, 3.63) is 70.8 Å². The van der Waals surface area contributed by atoms with E-state index < -0.39 is 53.4 Å². The Labute approximate surface area is 427 Å². The van der Waals surface area contributed by atoms with Gasteiger partial charge in [-0.3, -0.25) is 0 Å². The molecule has 0 amide bonds. The van der Waals surface area contributed by atoms with Gasteiger partial charge in [0.1, 0.15) is 24.4 Å². The molecule has 1 saturated heterocycles. The van der Waals surface area contributed by atoms with Gasteiger partial charge in [-0.15, -0.1) is 10.2 Å². The van der Waals surface area contributed by atoms with Gasteiger partial charge in [0.25, 0.3) is 0 Å². The number of aliphatic hydroxyl groups is 2. The van der Waals surface area contributed by atoms with E-state index in [1.165, 1.54) is 37.1 Å². The number of fused-ring (bicyclic) bond motifs is 3. The van der Waals surface area contributed by atoms with Crippen molar-refractivity contribution in [1.29, 1.82) is 0 Å².